The van der Waals surface area contributed by atoms with Crippen molar-refractivity contribution in [2.75, 3.05) is 5.32 Å². The Labute approximate surface area is 127 Å². The van der Waals surface area contributed by atoms with E-state index in [4.69, 9.17) is 0 Å². The molecule has 2 rings (SSSR count). The molecule has 122 valence electrons. The van der Waals surface area contributed by atoms with Crippen molar-refractivity contribution in [2.45, 2.75) is 13.1 Å². The third kappa shape index (κ3) is 3.47. The Morgan fingerprint density at radius 2 is 2.00 bits per heavy atom. The number of benzene rings is 1. The molecule has 0 bridgehead atoms. The fraction of sp³-hybridized carbons (Fsp3) is 0.231. The van der Waals surface area contributed by atoms with Gasteiger partial charge in [0.25, 0.3) is 11.6 Å². The monoisotopic (exact) mass is 328 g/mol. The van der Waals surface area contributed by atoms with Crippen LogP contribution >= 0.6 is 0 Å². The number of alkyl halides is 3. The number of amides is 1. The van der Waals surface area contributed by atoms with Gasteiger partial charge in [-0.3, -0.25) is 19.6 Å². The number of carbonyl (C=O) groups excluding carboxylic acids is 1. The summed E-state index contributed by atoms with van der Waals surface area (Å²) in [4.78, 5) is 22.2. The van der Waals surface area contributed by atoms with Gasteiger partial charge in [-0.1, -0.05) is 6.07 Å². The number of carbonyl (C=O) groups is 1. The summed E-state index contributed by atoms with van der Waals surface area (Å²) in [5.74, 6) is -0.848. The average molecular weight is 328 g/mol. The van der Waals surface area contributed by atoms with E-state index < -0.39 is 22.7 Å². The van der Waals surface area contributed by atoms with Gasteiger partial charge in [0.2, 0.25) is 0 Å². The highest BCUT2D eigenvalue weighted by atomic mass is 19.4. The van der Waals surface area contributed by atoms with Crippen LogP contribution in [0.15, 0.2) is 24.3 Å². The third-order valence-electron chi connectivity index (χ3n) is 3.08. The molecule has 1 amide bonds. The number of nitro groups is 1. The van der Waals surface area contributed by atoms with Gasteiger partial charge >= 0.3 is 6.18 Å². The topological polar surface area (TPSA) is 90.1 Å². The van der Waals surface area contributed by atoms with Gasteiger partial charge in [0.05, 0.1) is 10.6 Å². The maximum atomic E-state index is 12.6. The van der Waals surface area contributed by atoms with Crippen LogP contribution in [-0.4, -0.2) is 20.6 Å². The first-order chi connectivity index (χ1) is 10.6. The Balaban J connectivity index is 2.31. The third-order valence-corrected chi connectivity index (χ3v) is 3.08. The average Bonchev–Trinajstić information content (AvgIpc) is 2.83. The molecule has 0 unspecified atom stereocenters. The lowest BCUT2D eigenvalue weighted by molar-refractivity contribution is -0.384. The van der Waals surface area contributed by atoms with Crippen molar-refractivity contribution in [3.8, 4) is 0 Å². The summed E-state index contributed by atoms with van der Waals surface area (Å²) in [7, 11) is 1.20. The van der Waals surface area contributed by atoms with E-state index in [0.717, 1.165) is 10.7 Å². The molecule has 0 radical (unpaired) electrons. The van der Waals surface area contributed by atoms with E-state index in [0.29, 0.717) is 11.6 Å². The molecule has 7 nitrogen and oxygen atoms in total. The van der Waals surface area contributed by atoms with Crippen molar-refractivity contribution in [3.05, 3.63) is 51.3 Å². The molecule has 0 saturated heterocycles. The lowest BCUT2D eigenvalue weighted by Gasteiger charge is -2.08. The number of halogens is 3. The number of hydrogen-bond acceptors (Lipinski definition) is 4. The standard InChI is InChI=1S/C13H11F3N4O3/c1-7-3-4-8(20(22)23)5-9(7)17-12(21)10-6-11(13(14,15)16)18-19(10)2/h3-6H,1-2H3,(H,17,21). The first-order valence-electron chi connectivity index (χ1n) is 6.27. The van der Waals surface area contributed by atoms with Crippen molar-refractivity contribution >= 4 is 17.3 Å². The highest BCUT2D eigenvalue weighted by molar-refractivity contribution is 6.03. The molecule has 0 spiro atoms. The Hall–Kier alpha value is -2.91. The largest absolute Gasteiger partial charge is 0.435 e. The number of aromatic nitrogens is 2. The zero-order valence-electron chi connectivity index (χ0n) is 12.0. The summed E-state index contributed by atoms with van der Waals surface area (Å²) in [5.41, 5.74) is -1.09. The van der Waals surface area contributed by atoms with E-state index in [1.54, 1.807) is 6.92 Å². The number of aryl methyl sites for hydroxylation is 2. The van der Waals surface area contributed by atoms with Gasteiger partial charge in [-0.05, 0) is 12.5 Å². The van der Waals surface area contributed by atoms with Crippen molar-refractivity contribution in [2.24, 2.45) is 7.05 Å². The zero-order valence-corrected chi connectivity index (χ0v) is 12.0. The Morgan fingerprint density at radius 1 is 1.35 bits per heavy atom. The highest BCUT2D eigenvalue weighted by Gasteiger charge is 2.35. The van der Waals surface area contributed by atoms with Gasteiger partial charge in [-0.2, -0.15) is 18.3 Å². The van der Waals surface area contributed by atoms with Crippen LogP contribution in [0.2, 0.25) is 0 Å². The summed E-state index contributed by atoms with van der Waals surface area (Å²) in [6.07, 6.45) is -4.67. The summed E-state index contributed by atoms with van der Waals surface area (Å²) in [6.45, 7) is 1.60. The fourth-order valence-corrected chi connectivity index (χ4v) is 1.86. The Bertz CT molecular complexity index is 783. The van der Waals surface area contributed by atoms with E-state index in [1.807, 2.05) is 0 Å². The summed E-state index contributed by atoms with van der Waals surface area (Å²) >= 11 is 0. The maximum absolute atomic E-state index is 12.6. The summed E-state index contributed by atoms with van der Waals surface area (Å²) < 4.78 is 38.6. The summed E-state index contributed by atoms with van der Waals surface area (Å²) in [6, 6.07) is 4.44. The predicted octanol–water partition coefficient (Wildman–Crippen LogP) is 2.91. The molecule has 1 aromatic carbocycles. The van der Waals surface area contributed by atoms with Crippen LogP contribution in [0.3, 0.4) is 0 Å². The Kier molecular flexibility index (Phi) is 4.08. The van der Waals surface area contributed by atoms with Crippen molar-refractivity contribution in [3.63, 3.8) is 0 Å². The first kappa shape index (κ1) is 16.5. The number of hydrogen-bond donors (Lipinski definition) is 1. The highest BCUT2D eigenvalue weighted by Crippen LogP contribution is 2.29. The number of nitrogens with zero attached hydrogens (tertiary/aromatic N) is 3. The smallest absolute Gasteiger partial charge is 0.320 e. The van der Waals surface area contributed by atoms with Crippen molar-refractivity contribution in [1.82, 2.24) is 9.78 Å². The van der Waals surface area contributed by atoms with Crippen LogP contribution in [0.25, 0.3) is 0 Å². The van der Waals surface area contributed by atoms with E-state index in [1.165, 1.54) is 19.2 Å². The molecule has 1 heterocycles. The number of anilines is 1. The van der Waals surface area contributed by atoms with Crippen molar-refractivity contribution < 1.29 is 22.9 Å². The second-order valence-electron chi connectivity index (χ2n) is 4.75. The molecule has 1 N–H and O–H groups in total. The summed E-state index contributed by atoms with van der Waals surface area (Å²) in [5, 5.41) is 16.3. The van der Waals surface area contributed by atoms with Crippen LogP contribution < -0.4 is 5.32 Å². The van der Waals surface area contributed by atoms with Crippen LogP contribution in [-0.2, 0) is 13.2 Å². The van der Waals surface area contributed by atoms with Gasteiger partial charge in [-0.25, -0.2) is 0 Å². The van der Waals surface area contributed by atoms with Gasteiger partial charge in [0.15, 0.2) is 5.69 Å². The minimum absolute atomic E-state index is 0.138. The second-order valence-corrected chi connectivity index (χ2v) is 4.75. The Morgan fingerprint density at radius 3 is 2.52 bits per heavy atom. The molecular formula is C13H11F3N4O3. The van der Waals surface area contributed by atoms with Crippen molar-refractivity contribution in [1.29, 1.82) is 0 Å². The molecule has 0 atom stereocenters. The number of nitro benzene ring substituents is 1. The number of non-ortho nitro benzene ring substituents is 1. The normalized spacial score (nSPS) is 11.3. The van der Waals surface area contributed by atoms with Gasteiger partial charge in [0, 0.05) is 25.2 Å². The molecule has 10 heteroatoms. The maximum Gasteiger partial charge on any atom is 0.435 e. The molecule has 0 aliphatic heterocycles. The van der Waals surface area contributed by atoms with E-state index in [9.17, 15) is 28.1 Å². The number of nitrogens with one attached hydrogen (secondary N) is 1. The fourth-order valence-electron chi connectivity index (χ4n) is 1.86. The number of rotatable bonds is 3. The second kappa shape index (κ2) is 5.71. The molecule has 23 heavy (non-hydrogen) atoms. The molecular weight excluding hydrogens is 317 g/mol. The minimum Gasteiger partial charge on any atom is -0.320 e. The quantitative estimate of drug-likeness (QED) is 0.693. The van der Waals surface area contributed by atoms with Gasteiger partial charge in [-0.15, -0.1) is 0 Å². The molecule has 0 aliphatic rings. The van der Waals surface area contributed by atoms with E-state index >= 15 is 0 Å². The van der Waals surface area contributed by atoms with Gasteiger partial charge < -0.3 is 5.32 Å². The lowest BCUT2D eigenvalue weighted by Crippen LogP contribution is -2.16. The zero-order chi connectivity index (χ0) is 17.4. The van der Waals surface area contributed by atoms with Crippen LogP contribution in [0.4, 0.5) is 24.5 Å². The molecule has 0 saturated carbocycles. The lowest BCUT2D eigenvalue weighted by atomic mass is 10.1. The molecule has 0 fully saturated rings. The van der Waals surface area contributed by atoms with E-state index in [-0.39, 0.29) is 17.1 Å². The van der Waals surface area contributed by atoms with Gasteiger partial charge in [0.1, 0.15) is 5.69 Å². The predicted molar refractivity (Wildman–Crippen MR) is 74.0 cm³/mol. The van der Waals surface area contributed by atoms with Crippen LogP contribution in [0, 0.1) is 17.0 Å². The first-order valence-corrected chi connectivity index (χ1v) is 6.27. The molecule has 2 aromatic rings. The van der Waals surface area contributed by atoms with Crippen LogP contribution in [0.1, 0.15) is 21.7 Å². The molecule has 1 aromatic heterocycles. The van der Waals surface area contributed by atoms with E-state index in [2.05, 4.69) is 10.4 Å². The minimum atomic E-state index is -4.67. The van der Waals surface area contributed by atoms with Crippen LogP contribution in [0.5, 0.6) is 0 Å². The SMILES string of the molecule is Cc1ccc([N+](=O)[O-])cc1NC(=O)c1cc(C(F)(F)F)nn1C. The molecule has 0 aliphatic carbocycles.